The molecule has 3 aliphatic rings. The molecular formula is C21H20ClF3N2O3S. The van der Waals surface area contributed by atoms with Gasteiger partial charge in [0.2, 0.25) is 0 Å². The first-order chi connectivity index (χ1) is 14.4. The van der Waals surface area contributed by atoms with Crippen LogP contribution < -0.4 is 10.0 Å². The van der Waals surface area contributed by atoms with Gasteiger partial charge in [0, 0.05) is 11.1 Å². The molecule has 0 saturated heterocycles. The fourth-order valence-corrected chi connectivity index (χ4v) is 6.16. The van der Waals surface area contributed by atoms with Crippen molar-refractivity contribution in [2.24, 2.45) is 5.41 Å². The highest BCUT2D eigenvalue weighted by atomic mass is 35.5. The van der Waals surface area contributed by atoms with Crippen molar-refractivity contribution >= 4 is 33.1 Å². The summed E-state index contributed by atoms with van der Waals surface area (Å²) in [6.07, 6.45) is -4.31. The first kappa shape index (κ1) is 22.1. The highest BCUT2D eigenvalue weighted by Crippen LogP contribution is 2.73. The van der Waals surface area contributed by atoms with Crippen molar-refractivity contribution in [2.75, 3.05) is 11.3 Å². The Balaban J connectivity index is 1.46. The number of Topliss-reactive ketones (excluding diaryl/α,β-unsaturated/α-hetero) is 1. The molecule has 31 heavy (non-hydrogen) atoms. The molecule has 10 heteroatoms. The lowest BCUT2D eigenvalue weighted by Crippen LogP contribution is -2.78. The van der Waals surface area contributed by atoms with E-state index in [0.717, 1.165) is 5.56 Å². The summed E-state index contributed by atoms with van der Waals surface area (Å²) < 4.78 is 66.9. The Morgan fingerprint density at radius 3 is 2.39 bits per heavy atom. The summed E-state index contributed by atoms with van der Waals surface area (Å²) in [5, 5.41) is 3.00. The molecule has 5 rings (SSSR count). The van der Waals surface area contributed by atoms with E-state index in [1.165, 1.54) is 24.3 Å². The number of aryl methyl sites for hydroxylation is 1. The summed E-state index contributed by atoms with van der Waals surface area (Å²) >= 11 is 6.08. The van der Waals surface area contributed by atoms with Gasteiger partial charge in [-0.2, -0.15) is 13.2 Å². The third kappa shape index (κ3) is 3.83. The zero-order valence-corrected chi connectivity index (χ0v) is 18.1. The fourth-order valence-electron chi connectivity index (χ4n) is 4.48. The average molecular weight is 473 g/mol. The van der Waals surface area contributed by atoms with Crippen LogP contribution in [0, 0.1) is 12.3 Å². The van der Waals surface area contributed by atoms with E-state index in [1.54, 1.807) is 25.1 Å². The first-order valence-corrected chi connectivity index (χ1v) is 11.5. The maximum Gasteiger partial charge on any atom is 0.394 e. The molecule has 0 aliphatic heterocycles. The third-order valence-electron chi connectivity index (χ3n) is 6.10. The lowest BCUT2D eigenvalue weighted by Gasteiger charge is -2.70. The highest BCUT2D eigenvalue weighted by Gasteiger charge is 2.78. The number of anilines is 1. The molecule has 3 aliphatic carbocycles. The lowest BCUT2D eigenvalue weighted by atomic mass is 9.39. The Bertz CT molecular complexity index is 1140. The molecule has 0 unspecified atom stereocenters. The van der Waals surface area contributed by atoms with Crippen molar-refractivity contribution in [3.63, 3.8) is 0 Å². The Hall–Kier alpha value is -2.10. The smallest absolute Gasteiger partial charge is 0.304 e. The van der Waals surface area contributed by atoms with Crippen LogP contribution >= 0.6 is 11.6 Å². The lowest BCUT2D eigenvalue weighted by molar-refractivity contribution is -0.338. The molecule has 0 radical (unpaired) electrons. The van der Waals surface area contributed by atoms with Gasteiger partial charge < -0.3 is 5.32 Å². The number of sulfonamides is 1. The zero-order valence-electron chi connectivity index (χ0n) is 16.5. The molecule has 0 spiro atoms. The number of nitrogens with one attached hydrogen (secondary N) is 2. The summed E-state index contributed by atoms with van der Waals surface area (Å²) in [5.41, 5.74) is -1.26. The van der Waals surface area contributed by atoms with Crippen molar-refractivity contribution in [1.29, 1.82) is 0 Å². The van der Waals surface area contributed by atoms with E-state index in [-0.39, 0.29) is 47.0 Å². The molecule has 3 saturated carbocycles. The van der Waals surface area contributed by atoms with Crippen molar-refractivity contribution in [1.82, 2.24) is 5.32 Å². The van der Waals surface area contributed by atoms with Crippen LogP contribution in [0.3, 0.4) is 0 Å². The molecule has 0 heterocycles. The summed E-state index contributed by atoms with van der Waals surface area (Å²) in [6, 6.07) is 10.6. The monoisotopic (exact) mass is 472 g/mol. The second-order valence-electron chi connectivity index (χ2n) is 8.45. The van der Waals surface area contributed by atoms with Crippen molar-refractivity contribution in [2.45, 2.75) is 42.8 Å². The maximum atomic E-state index is 13.0. The molecule has 2 aromatic carbocycles. The van der Waals surface area contributed by atoms with Gasteiger partial charge in [-0.1, -0.05) is 29.8 Å². The Morgan fingerprint density at radius 1 is 1.13 bits per heavy atom. The van der Waals surface area contributed by atoms with Crippen LogP contribution in [0.1, 0.15) is 35.2 Å². The molecule has 0 atom stereocenters. The number of ketones is 1. The molecule has 0 amide bonds. The van der Waals surface area contributed by atoms with Crippen LogP contribution in [0.5, 0.6) is 0 Å². The van der Waals surface area contributed by atoms with Gasteiger partial charge in [0.25, 0.3) is 10.0 Å². The quantitative estimate of drug-likeness (QED) is 0.572. The number of para-hydroxylation sites is 1. The summed E-state index contributed by atoms with van der Waals surface area (Å²) in [4.78, 5) is 12.6. The Kier molecular flexibility index (Phi) is 5.14. The van der Waals surface area contributed by atoms with E-state index >= 15 is 0 Å². The number of hydrogen-bond acceptors (Lipinski definition) is 4. The van der Waals surface area contributed by atoms with Gasteiger partial charge in [-0.05, 0) is 56.0 Å². The van der Waals surface area contributed by atoms with Gasteiger partial charge in [-0.15, -0.1) is 0 Å². The molecule has 2 N–H and O–H groups in total. The van der Waals surface area contributed by atoms with Gasteiger partial charge in [-0.25, -0.2) is 8.42 Å². The molecule has 5 nitrogen and oxygen atoms in total. The average Bonchev–Trinajstić information content (AvgIpc) is 2.57. The van der Waals surface area contributed by atoms with Crippen molar-refractivity contribution < 1.29 is 26.4 Å². The molecule has 0 aromatic heterocycles. The Labute approximate surface area is 183 Å². The number of benzene rings is 2. The van der Waals surface area contributed by atoms with Crippen LogP contribution in [0.25, 0.3) is 0 Å². The zero-order chi connectivity index (χ0) is 22.7. The molecule has 2 bridgehead atoms. The predicted molar refractivity (Wildman–Crippen MR) is 111 cm³/mol. The topological polar surface area (TPSA) is 75.3 Å². The first-order valence-electron chi connectivity index (χ1n) is 9.60. The minimum atomic E-state index is -4.22. The molecule has 3 fully saturated rings. The largest absolute Gasteiger partial charge is 0.394 e. The molecular weight excluding hydrogens is 453 g/mol. The third-order valence-corrected chi connectivity index (χ3v) is 7.95. The number of hydrogen-bond donors (Lipinski definition) is 2. The van der Waals surface area contributed by atoms with Crippen LogP contribution in [0.15, 0.2) is 47.4 Å². The summed E-state index contributed by atoms with van der Waals surface area (Å²) in [5.74, 6) is -0.418. The number of carbonyl (C=O) groups is 1. The number of rotatable bonds is 7. The van der Waals surface area contributed by atoms with E-state index in [2.05, 4.69) is 10.0 Å². The summed E-state index contributed by atoms with van der Waals surface area (Å²) in [7, 11) is -4.05. The number of alkyl halides is 3. The predicted octanol–water partition coefficient (Wildman–Crippen LogP) is 4.71. The minimum absolute atomic E-state index is 0.0308. The fraction of sp³-hybridized carbons (Fsp3) is 0.381. The van der Waals surface area contributed by atoms with Crippen LogP contribution in [-0.4, -0.2) is 32.5 Å². The minimum Gasteiger partial charge on any atom is -0.304 e. The molecule has 166 valence electrons. The second-order valence-corrected chi connectivity index (χ2v) is 10.5. The number of halogens is 4. The van der Waals surface area contributed by atoms with Gasteiger partial charge in [-0.3, -0.25) is 9.52 Å². The van der Waals surface area contributed by atoms with E-state index in [0.29, 0.717) is 0 Å². The van der Waals surface area contributed by atoms with Crippen LogP contribution in [0.4, 0.5) is 18.9 Å². The van der Waals surface area contributed by atoms with Gasteiger partial charge in [0.05, 0.1) is 22.7 Å². The van der Waals surface area contributed by atoms with Crippen molar-refractivity contribution in [3.8, 4) is 0 Å². The maximum absolute atomic E-state index is 13.0. The van der Waals surface area contributed by atoms with E-state index in [4.69, 9.17) is 11.6 Å². The SMILES string of the molecule is Cc1ccc(S(=O)(=O)Nc2ccccc2C(=O)CNC23CC(C(F)(F)F)(C2)C3)c(Cl)c1. The second kappa shape index (κ2) is 7.21. The van der Waals surface area contributed by atoms with E-state index in [1.807, 2.05) is 0 Å². The Morgan fingerprint density at radius 2 is 1.77 bits per heavy atom. The van der Waals surface area contributed by atoms with Crippen LogP contribution in [0.2, 0.25) is 5.02 Å². The molecule has 2 aromatic rings. The highest BCUT2D eigenvalue weighted by molar-refractivity contribution is 7.92. The van der Waals surface area contributed by atoms with Gasteiger partial charge >= 0.3 is 6.18 Å². The van der Waals surface area contributed by atoms with Crippen molar-refractivity contribution in [3.05, 3.63) is 58.6 Å². The van der Waals surface area contributed by atoms with Crippen LogP contribution in [-0.2, 0) is 10.0 Å². The number of carbonyl (C=O) groups excluding carboxylic acids is 1. The summed E-state index contributed by atoms with van der Waals surface area (Å²) in [6.45, 7) is 1.59. The van der Waals surface area contributed by atoms with E-state index < -0.39 is 32.9 Å². The van der Waals surface area contributed by atoms with Gasteiger partial charge in [0.1, 0.15) is 4.90 Å². The normalized spacial score (nSPS) is 24.8. The standard InChI is InChI=1S/C21H20ClF3N2O3S/c1-13-6-7-18(15(22)8-13)31(29,30)27-16-5-3-2-4-14(16)17(28)9-26-20-10-19(11-20,12-20)21(23,24)25/h2-8,26-27H,9-12H2,1H3. The van der Waals surface area contributed by atoms with E-state index in [9.17, 15) is 26.4 Å². The van der Waals surface area contributed by atoms with Gasteiger partial charge in [0.15, 0.2) is 5.78 Å².